The van der Waals surface area contributed by atoms with Crippen molar-refractivity contribution in [3.63, 3.8) is 0 Å². The zero-order valence-corrected chi connectivity index (χ0v) is 15.1. The van der Waals surface area contributed by atoms with Crippen LogP contribution in [0.1, 0.15) is 13.3 Å². The molecule has 9 nitrogen and oxygen atoms in total. The smallest absolute Gasteiger partial charge is 0.324 e. The summed E-state index contributed by atoms with van der Waals surface area (Å²) in [6.07, 6.45) is 1.06. The fourth-order valence-electron chi connectivity index (χ4n) is 2.92. The molecule has 0 aliphatic carbocycles. The number of carbonyl (C=O) groups is 2. The number of ether oxygens (including phenoxy) is 2. The van der Waals surface area contributed by atoms with Gasteiger partial charge in [0.1, 0.15) is 0 Å². The number of nitrogens with one attached hydrogen (secondary N) is 2. The van der Waals surface area contributed by atoms with Crippen molar-refractivity contribution in [3.8, 4) is 0 Å². The molecule has 0 radical (unpaired) electrons. The van der Waals surface area contributed by atoms with Gasteiger partial charge in [-0.25, -0.2) is 4.79 Å². The van der Waals surface area contributed by atoms with Crippen LogP contribution in [0.3, 0.4) is 0 Å². The van der Waals surface area contributed by atoms with Crippen molar-refractivity contribution in [1.29, 1.82) is 0 Å². The van der Waals surface area contributed by atoms with Crippen LogP contribution in [0.25, 0.3) is 0 Å². The summed E-state index contributed by atoms with van der Waals surface area (Å²) in [6.45, 7) is 7.35. The second-order valence-electron chi connectivity index (χ2n) is 6.11. The highest BCUT2D eigenvalue weighted by Crippen LogP contribution is 2.16. The molecular weight excluding hydrogens is 326 g/mol. The van der Waals surface area contributed by atoms with Crippen molar-refractivity contribution in [2.45, 2.75) is 13.3 Å². The van der Waals surface area contributed by atoms with E-state index in [-0.39, 0.29) is 18.5 Å². The molecule has 3 amide bonds. The molecule has 142 valence electrons. The fourth-order valence-corrected chi connectivity index (χ4v) is 2.92. The van der Waals surface area contributed by atoms with E-state index in [2.05, 4.69) is 20.5 Å². The molecule has 0 aromatic carbocycles. The second kappa shape index (κ2) is 10.2. The molecule has 0 bridgehead atoms. The molecule has 0 aromatic rings. The number of nitrogens with zero attached hydrogens (tertiary/aromatic N) is 3. The van der Waals surface area contributed by atoms with Crippen LogP contribution in [0.4, 0.5) is 4.79 Å². The van der Waals surface area contributed by atoms with E-state index in [1.165, 1.54) is 4.90 Å². The van der Waals surface area contributed by atoms with Crippen LogP contribution in [0.5, 0.6) is 0 Å². The molecule has 0 saturated carbocycles. The van der Waals surface area contributed by atoms with Crippen molar-refractivity contribution in [1.82, 2.24) is 20.4 Å². The number of carbonyl (C=O) groups excluding carboxylic acids is 2. The lowest BCUT2D eigenvalue weighted by Gasteiger charge is -2.22. The van der Waals surface area contributed by atoms with Gasteiger partial charge in [-0.2, -0.15) is 0 Å². The van der Waals surface area contributed by atoms with Crippen LogP contribution in [-0.2, 0) is 14.3 Å². The Balaban J connectivity index is 1.79. The lowest BCUT2D eigenvalue weighted by Crippen LogP contribution is -2.41. The van der Waals surface area contributed by atoms with Gasteiger partial charge in [0.15, 0.2) is 5.96 Å². The Bertz CT molecular complexity index is 469. The SMILES string of the molecule is CCNC(=NCCN1C(=O)CNC1=O)N1CCC(COCCOC)C1. The Labute approximate surface area is 148 Å². The highest BCUT2D eigenvalue weighted by molar-refractivity contribution is 6.01. The number of urea groups is 1. The van der Waals surface area contributed by atoms with Gasteiger partial charge < -0.3 is 25.0 Å². The van der Waals surface area contributed by atoms with Gasteiger partial charge in [0.05, 0.1) is 39.5 Å². The van der Waals surface area contributed by atoms with Crippen molar-refractivity contribution in [3.05, 3.63) is 0 Å². The highest BCUT2D eigenvalue weighted by atomic mass is 16.5. The van der Waals surface area contributed by atoms with Gasteiger partial charge in [0, 0.05) is 32.7 Å². The van der Waals surface area contributed by atoms with Crippen LogP contribution in [0.15, 0.2) is 4.99 Å². The average Bonchev–Trinajstić information content (AvgIpc) is 3.19. The fraction of sp³-hybridized carbons (Fsp3) is 0.812. The van der Waals surface area contributed by atoms with Gasteiger partial charge in [-0.05, 0) is 13.3 Å². The summed E-state index contributed by atoms with van der Waals surface area (Å²) >= 11 is 0. The summed E-state index contributed by atoms with van der Waals surface area (Å²) in [7, 11) is 1.67. The van der Waals surface area contributed by atoms with E-state index < -0.39 is 0 Å². The first-order chi connectivity index (χ1) is 12.2. The maximum atomic E-state index is 11.6. The maximum absolute atomic E-state index is 11.6. The highest BCUT2D eigenvalue weighted by Gasteiger charge is 2.28. The van der Waals surface area contributed by atoms with Crippen molar-refractivity contribution < 1.29 is 19.1 Å². The summed E-state index contributed by atoms with van der Waals surface area (Å²) in [5.74, 6) is 1.11. The van der Waals surface area contributed by atoms with E-state index >= 15 is 0 Å². The molecular formula is C16H29N5O4. The summed E-state index contributed by atoms with van der Waals surface area (Å²) in [5, 5.41) is 5.79. The van der Waals surface area contributed by atoms with Gasteiger partial charge in [0.2, 0.25) is 5.91 Å². The molecule has 2 aliphatic rings. The van der Waals surface area contributed by atoms with E-state index in [4.69, 9.17) is 9.47 Å². The number of imide groups is 1. The Morgan fingerprint density at radius 2 is 2.24 bits per heavy atom. The minimum Gasteiger partial charge on any atom is -0.382 e. The summed E-state index contributed by atoms with van der Waals surface area (Å²) in [4.78, 5) is 31.1. The zero-order valence-electron chi connectivity index (χ0n) is 15.1. The number of likely N-dealkylation sites (tertiary alicyclic amines) is 1. The summed E-state index contributed by atoms with van der Waals surface area (Å²) in [6, 6.07) is -0.334. The monoisotopic (exact) mass is 355 g/mol. The summed E-state index contributed by atoms with van der Waals surface area (Å²) in [5.41, 5.74) is 0. The van der Waals surface area contributed by atoms with Crippen molar-refractivity contribution in [2.24, 2.45) is 10.9 Å². The van der Waals surface area contributed by atoms with Gasteiger partial charge in [-0.1, -0.05) is 0 Å². The third-order valence-corrected chi connectivity index (χ3v) is 4.23. The molecule has 0 spiro atoms. The molecule has 2 fully saturated rings. The molecule has 2 rings (SSSR count). The minimum atomic E-state index is -0.334. The van der Waals surface area contributed by atoms with Crippen molar-refractivity contribution >= 4 is 17.9 Å². The molecule has 1 atom stereocenters. The van der Waals surface area contributed by atoms with Crippen LogP contribution in [0.2, 0.25) is 0 Å². The second-order valence-corrected chi connectivity index (χ2v) is 6.11. The third-order valence-electron chi connectivity index (χ3n) is 4.23. The van der Waals surface area contributed by atoms with Gasteiger partial charge in [-0.15, -0.1) is 0 Å². The number of rotatable bonds is 9. The molecule has 0 aromatic heterocycles. The molecule has 2 aliphatic heterocycles. The van der Waals surface area contributed by atoms with Gasteiger partial charge >= 0.3 is 6.03 Å². The van der Waals surface area contributed by atoms with E-state index in [9.17, 15) is 9.59 Å². The lowest BCUT2D eigenvalue weighted by atomic mass is 10.1. The van der Waals surface area contributed by atoms with Gasteiger partial charge in [-0.3, -0.25) is 14.7 Å². The standard InChI is InChI=1S/C16H29N5O4/c1-3-17-15(18-5-7-21-14(22)10-19-16(21)23)20-6-4-13(11-20)12-25-9-8-24-2/h13H,3-12H2,1-2H3,(H,17,18)(H,19,23). The number of aliphatic imine (C=N–C) groups is 1. The predicted molar refractivity (Wildman–Crippen MR) is 93.5 cm³/mol. The topological polar surface area (TPSA) is 95.5 Å². The van der Waals surface area contributed by atoms with Crippen molar-refractivity contribution in [2.75, 3.05) is 66.2 Å². The molecule has 2 heterocycles. The predicted octanol–water partition coefficient (Wildman–Crippen LogP) is -0.511. The normalized spacial score (nSPS) is 21.2. The van der Waals surface area contributed by atoms with E-state index in [0.29, 0.717) is 32.2 Å². The van der Waals surface area contributed by atoms with Crippen LogP contribution in [0, 0.1) is 5.92 Å². The Hall–Kier alpha value is -1.87. The molecule has 9 heteroatoms. The minimum absolute atomic E-state index is 0.0828. The number of methoxy groups -OCH3 is 1. The third kappa shape index (κ3) is 5.86. The number of amides is 3. The first-order valence-corrected chi connectivity index (χ1v) is 8.83. The number of guanidine groups is 1. The summed E-state index contributed by atoms with van der Waals surface area (Å²) < 4.78 is 10.6. The Morgan fingerprint density at radius 3 is 2.92 bits per heavy atom. The molecule has 2 N–H and O–H groups in total. The lowest BCUT2D eigenvalue weighted by molar-refractivity contribution is -0.124. The average molecular weight is 355 g/mol. The zero-order chi connectivity index (χ0) is 18.1. The number of hydrogen-bond donors (Lipinski definition) is 2. The van der Waals surface area contributed by atoms with E-state index in [0.717, 1.165) is 38.6 Å². The van der Waals surface area contributed by atoms with E-state index in [1.54, 1.807) is 7.11 Å². The Kier molecular flexibility index (Phi) is 7.93. The Morgan fingerprint density at radius 1 is 1.40 bits per heavy atom. The van der Waals surface area contributed by atoms with Crippen LogP contribution >= 0.6 is 0 Å². The largest absolute Gasteiger partial charge is 0.382 e. The van der Waals surface area contributed by atoms with Gasteiger partial charge in [0.25, 0.3) is 0 Å². The quantitative estimate of drug-likeness (QED) is 0.250. The first-order valence-electron chi connectivity index (χ1n) is 8.83. The molecule has 25 heavy (non-hydrogen) atoms. The molecule has 2 saturated heterocycles. The van der Waals surface area contributed by atoms with Crippen LogP contribution < -0.4 is 10.6 Å². The molecule has 1 unspecified atom stereocenters. The number of hydrogen-bond acceptors (Lipinski definition) is 5. The van der Waals surface area contributed by atoms with Crippen LogP contribution in [-0.4, -0.2) is 93.9 Å². The first kappa shape index (κ1) is 19.5. The van der Waals surface area contributed by atoms with E-state index in [1.807, 2.05) is 6.92 Å². The maximum Gasteiger partial charge on any atom is 0.324 e.